The highest BCUT2D eigenvalue weighted by molar-refractivity contribution is 5.59. The van der Waals surface area contributed by atoms with Crippen LogP contribution in [0.3, 0.4) is 0 Å². The van der Waals surface area contributed by atoms with Crippen molar-refractivity contribution in [3.8, 4) is 22.8 Å². The van der Waals surface area contributed by atoms with Gasteiger partial charge in [0.2, 0.25) is 0 Å². The van der Waals surface area contributed by atoms with Gasteiger partial charge in [-0.25, -0.2) is 9.97 Å². The summed E-state index contributed by atoms with van der Waals surface area (Å²) in [5.74, 6) is 0.876. The summed E-state index contributed by atoms with van der Waals surface area (Å²) in [6, 6.07) is 13.6. The fourth-order valence-electron chi connectivity index (χ4n) is 3.90. The van der Waals surface area contributed by atoms with Crippen LogP contribution in [-0.2, 0) is 12.2 Å². The van der Waals surface area contributed by atoms with Gasteiger partial charge in [-0.1, -0.05) is 29.8 Å². The largest absolute Gasteiger partial charge is 0.488 e. The van der Waals surface area contributed by atoms with Crippen molar-refractivity contribution in [1.82, 2.24) is 19.5 Å². The maximum Gasteiger partial charge on any atom is 0.261 e. The highest BCUT2D eigenvalue weighted by Gasteiger charge is 2.21. The zero-order valence-corrected chi connectivity index (χ0v) is 21.0. The van der Waals surface area contributed by atoms with Gasteiger partial charge in [0.1, 0.15) is 18.0 Å². The maximum absolute atomic E-state index is 13.5. The second-order valence-electron chi connectivity index (χ2n) is 9.37. The van der Waals surface area contributed by atoms with Crippen LogP contribution < -0.4 is 10.3 Å². The van der Waals surface area contributed by atoms with E-state index in [1.54, 1.807) is 43.8 Å². The molecule has 0 aliphatic carbocycles. The third kappa shape index (κ3) is 5.15. The van der Waals surface area contributed by atoms with Crippen LogP contribution in [0.25, 0.3) is 17.1 Å². The average Bonchev–Trinajstić information content (AvgIpc) is 2.81. The minimum Gasteiger partial charge on any atom is -0.488 e. The monoisotopic (exact) mass is 470 g/mol. The number of hydrogen-bond acceptors (Lipinski definition) is 6. The van der Waals surface area contributed by atoms with Gasteiger partial charge in [0.15, 0.2) is 5.82 Å². The predicted octanol–water partition coefficient (Wildman–Crippen LogP) is 4.73. The van der Waals surface area contributed by atoms with Gasteiger partial charge >= 0.3 is 0 Å². The fraction of sp³-hybridized carbons (Fsp3) is 0.286. The Morgan fingerprint density at radius 2 is 1.77 bits per heavy atom. The molecule has 0 fully saturated rings. The van der Waals surface area contributed by atoms with Gasteiger partial charge in [-0.05, 0) is 64.8 Å². The number of hydrogen-bond donors (Lipinski definition) is 1. The molecule has 1 N–H and O–H groups in total. The summed E-state index contributed by atoms with van der Waals surface area (Å²) >= 11 is 0. The summed E-state index contributed by atoms with van der Waals surface area (Å²) in [5, 5.41) is 10.3. The van der Waals surface area contributed by atoms with Crippen LogP contribution in [0.4, 0.5) is 0 Å². The number of benzene rings is 1. The SMILES string of the molecule is Cc1cccc(COc2cc(C)n(-c3cc(-c4ccnc(C(C)(C)O)n4)ncc3C)c(=O)c2C)c1. The maximum atomic E-state index is 13.5. The van der Waals surface area contributed by atoms with Crippen molar-refractivity contribution in [2.75, 3.05) is 0 Å². The van der Waals surface area contributed by atoms with Crippen LogP contribution in [0.1, 0.15) is 47.6 Å². The van der Waals surface area contributed by atoms with E-state index in [4.69, 9.17) is 4.74 Å². The van der Waals surface area contributed by atoms with Crippen LogP contribution in [-0.4, -0.2) is 24.6 Å². The van der Waals surface area contributed by atoms with Gasteiger partial charge in [-0.2, -0.15) is 0 Å². The summed E-state index contributed by atoms with van der Waals surface area (Å²) in [7, 11) is 0. The van der Waals surface area contributed by atoms with E-state index in [0.29, 0.717) is 40.8 Å². The lowest BCUT2D eigenvalue weighted by molar-refractivity contribution is 0.0688. The van der Waals surface area contributed by atoms with E-state index in [1.165, 1.54) is 0 Å². The Morgan fingerprint density at radius 3 is 2.49 bits per heavy atom. The van der Waals surface area contributed by atoms with Crippen LogP contribution in [0.5, 0.6) is 5.75 Å². The highest BCUT2D eigenvalue weighted by Crippen LogP contribution is 2.25. The van der Waals surface area contributed by atoms with Crippen molar-refractivity contribution in [1.29, 1.82) is 0 Å². The van der Waals surface area contributed by atoms with Crippen LogP contribution in [0.2, 0.25) is 0 Å². The molecule has 4 rings (SSSR count). The Labute approximate surface area is 205 Å². The van der Waals surface area contributed by atoms with E-state index in [1.807, 2.05) is 51.1 Å². The third-order valence-electron chi connectivity index (χ3n) is 5.84. The molecule has 4 aromatic rings. The summed E-state index contributed by atoms with van der Waals surface area (Å²) in [4.78, 5) is 26.6. The number of aliphatic hydroxyl groups is 1. The molecule has 180 valence electrons. The molecule has 7 nitrogen and oxygen atoms in total. The number of aromatic nitrogens is 4. The molecule has 0 amide bonds. The molecular formula is C28H30N4O3. The van der Waals surface area contributed by atoms with E-state index in [0.717, 1.165) is 22.4 Å². The lowest BCUT2D eigenvalue weighted by Crippen LogP contribution is -2.24. The number of pyridine rings is 2. The lowest BCUT2D eigenvalue weighted by Gasteiger charge is -2.18. The quantitative estimate of drug-likeness (QED) is 0.438. The first kappa shape index (κ1) is 24.3. The number of aryl methyl sites for hydroxylation is 3. The number of nitrogens with zero attached hydrogens (tertiary/aromatic N) is 4. The summed E-state index contributed by atoms with van der Waals surface area (Å²) in [6.45, 7) is 11.3. The van der Waals surface area contributed by atoms with Crippen molar-refractivity contribution < 1.29 is 9.84 Å². The summed E-state index contributed by atoms with van der Waals surface area (Å²) in [5.41, 5.74) is 4.89. The van der Waals surface area contributed by atoms with Crippen LogP contribution >= 0.6 is 0 Å². The van der Waals surface area contributed by atoms with E-state index >= 15 is 0 Å². The molecule has 0 saturated heterocycles. The number of rotatable bonds is 6. The van der Waals surface area contributed by atoms with Gasteiger partial charge in [0.05, 0.1) is 22.6 Å². The molecule has 35 heavy (non-hydrogen) atoms. The van der Waals surface area contributed by atoms with Crippen LogP contribution in [0, 0.1) is 27.7 Å². The molecule has 0 unspecified atom stereocenters. The lowest BCUT2D eigenvalue weighted by atomic mass is 10.1. The molecule has 0 atom stereocenters. The first-order valence-electron chi connectivity index (χ1n) is 11.5. The van der Waals surface area contributed by atoms with Gasteiger partial charge in [-0.15, -0.1) is 0 Å². The van der Waals surface area contributed by atoms with Gasteiger partial charge in [-0.3, -0.25) is 14.3 Å². The molecule has 3 aromatic heterocycles. The molecule has 0 aliphatic heterocycles. The second-order valence-corrected chi connectivity index (χ2v) is 9.37. The van der Waals surface area contributed by atoms with Crippen molar-refractivity contribution >= 4 is 0 Å². The Kier molecular flexibility index (Phi) is 6.54. The topological polar surface area (TPSA) is 90.1 Å². The normalized spacial score (nSPS) is 11.5. The Morgan fingerprint density at radius 1 is 1.00 bits per heavy atom. The predicted molar refractivity (Wildman–Crippen MR) is 136 cm³/mol. The van der Waals surface area contributed by atoms with Crippen molar-refractivity contribution in [2.45, 2.75) is 53.8 Å². The highest BCUT2D eigenvalue weighted by atomic mass is 16.5. The summed E-state index contributed by atoms with van der Waals surface area (Å²) in [6.07, 6.45) is 3.32. The first-order valence-corrected chi connectivity index (χ1v) is 11.5. The van der Waals surface area contributed by atoms with E-state index in [9.17, 15) is 9.90 Å². The molecule has 0 aliphatic rings. The molecule has 7 heteroatoms. The van der Waals surface area contributed by atoms with Gasteiger partial charge in [0, 0.05) is 24.2 Å². The molecule has 0 saturated carbocycles. The van der Waals surface area contributed by atoms with Crippen molar-refractivity contribution in [3.05, 3.63) is 99.0 Å². The Bertz CT molecular complexity index is 1450. The minimum atomic E-state index is -1.18. The van der Waals surface area contributed by atoms with Crippen LogP contribution in [0.15, 0.2) is 59.7 Å². The zero-order chi connectivity index (χ0) is 25.3. The standard InChI is InChI=1S/C28H30N4O3/c1-17-8-7-9-21(12-17)16-35-25-13-19(3)32(26(33)20(25)4)24-14-23(30-15-18(24)2)22-10-11-29-27(31-22)28(5,6)34/h7-15,34H,16H2,1-6H3. The molecular weight excluding hydrogens is 440 g/mol. The second kappa shape index (κ2) is 9.43. The van der Waals surface area contributed by atoms with Crippen molar-refractivity contribution in [2.24, 2.45) is 0 Å². The molecule has 0 bridgehead atoms. The average molecular weight is 471 g/mol. The Hall–Kier alpha value is -3.84. The van der Waals surface area contributed by atoms with E-state index in [2.05, 4.69) is 21.0 Å². The number of ether oxygens (including phenoxy) is 1. The first-order chi connectivity index (χ1) is 16.5. The molecule has 0 radical (unpaired) electrons. The third-order valence-corrected chi connectivity index (χ3v) is 5.84. The zero-order valence-electron chi connectivity index (χ0n) is 21.0. The molecule has 0 spiro atoms. The fourth-order valence-corrected chi connectivity index (χ4v) is 3.90. The van der Waals surface area contributed by atoms with E-state index < -0.39 is 5.60 Å². The van der Waals surface area contributed by atoms with E-state index in [-0.39, 0.29) is 5.56 Å². The van der Waals surface area contributed by atoms with Gasteiger partial charge in [0.25, 0.3) is 5.56 Å². The van der Waals surface area contributed by atoms with Crippen molar-refractivity contribution in [3.63, 3.8) is 0 Å². The smallest absolute Gasteiger partial charge is 0.261 e. The molecule has 3 heterocycles. The van der Waals surface area contributed by atoms with Gasteiger partial charge < -0.3 is 9.84 Å². The summed E-state index contributed by atoms with van der Waals surface area (Å²) < 4.78 is 7.71. The minimum absolute atomic E-state index is 0.149. The molecule has 1 aromatic carbocycles. The Balaban J connectivity index is 1.72.